The number of benzene rings is 2. The maximum atomic E-state index is 9.02. The Morgan fingerprint density at radius 3 is 2.72 bits per heavy atom. The first-order chi connectivity index (χ1) is 8.70. The standard InChI is InChI=1S/C15H13IN2/c1-11-6-7-14(8-15(11)16)18-10-13-5-3-2-4-12(13)9-17/h2-8,18H,10H2,1H3. The molecule has 0 bridgehead atoms. The number of hydrogen-bond donors (Lipinski definition) is 1. The molecule has 90 valence electrons. The van der Waals surface area contributed by atoms with Gasteiger partial charge in [-0.25, -0.2) is 0 Å². The smallest absolute Gasteiger partial charge is 0.0995 e. The number of hydrogen-bond acceptors (Lipinski definition) is 2. The van der Waals surface area contributed by atoms with E-state index < -0.39 is 0 Å². The number of aryl methyl sites for hydroxylation is 1. The summed E-state index contributed by atoms with van der Waals surface area (Å²) >= 11 is 2.33. The molecular weight excluding hydrogens is 335 g/mol. The van der Waals surface area contributed by atoms with Crippen LogP contribution in [-0.2, 0) is 6.54 Å². The van der Waals surface area contributed by atoms with Gasteiger partial charge in [-0.15, -0.1) is 0 Å². The van der Waals surface area contributed by atoms with Gasteiger partial charge in [-0.3, -0.25) is 0 Å². The lowest BCUT2D eigenvalue weighted by Gasteiger charge is -2.09. The number of anilines is 1. The largest absolute Gasteiger partial charge is 0.381 e. The van der Waals surface area contributed by atoms with Crippen LogP contribution in [0.25, 0.3) is 0 Å². The third kappa shape index (κ3) is 3.02. The van der Waals surface area contributed by atoms with Gasteiger partial charge in [0.05, 0.1) is 11.6 Å². The second-order valence-electron chi connectivity index (χ2n) is 4.09. The van der Waals surface area contributed by atoms with E-state index >= 15 is 0 Å². The Morgan fingerprint density at radius 2 is 2.00 bits per heavy atom. The molecule has 0 aromatic heterocycles. The van der Waals surface area contributed by atoms with E-state index in [2.05, 4.69) is 59.1 Å². The van der Waals surface area contributed by atoms with E-state index in [1.165, 1.54) is 9.13 Å². The maximum absolute atomic E-state index is 9.02. The van der Waals surface area contributed by atoms with Crippen LogP contribution in [0.5, 0.6) is 0 Å². The predicted octanol–water partition coefficient (Wildman–Crippen LogP) is 4.08. The molecule has 2 rings (SSSR count). The van der Waals surface area contributed by atoms with Crippen molar-refractivity contribution >= 4 is 28.3 Å². The first kappa shape index (κ1) is 12.9. The molecule has 0 fully saturated rings. The van der Waals surface area contributed by atoms with Crippen LogP contribution in [0.2, 0.25) is 0 Å². The van der Waals surface area contributed by atoms with Crippen molar-refractivity contribution in [3.8, 4) is 6.07 Å². The monoisotopic (exact) mass is 348 g/mol. The summed E-state index contributed by atoms with van der Waals surface area (Å²) in [5.74, 6) is 0. The lowest BCUT2D eigenvalue weighted by Crippen LogP contribution is -2.01. The fourth-order valence-electron chi connectivity index (χ4n) is 1.68. The molecule has 0 aliphatic carbocycles. The van der Waals surface area contributed by atoms with Gasteiger partial charge in [-0.1, -0.05) is 24.3 Å². The number of nitriles is 1. The van der Waals surface area contributed by atoms with E-state index in [4.69, 9.17) is 5.26 Å². The molecule has 0 aliphatic heterocycles. The van der Waals surface area contributed by atoms with E-state index in [1.807, 2.05) is 24.3 Å². The lowest BCUT2D eigenvalue weighted by molar-refractivity contribution is 1.13. The van der Waals surface area contributed by atoms with Gasteiger partial charge in [0.1, 0.15) is 0 Å². The molecule has 2 nitrogen and oxygen atoms in total. The summed E-state index contributed by atoms with van der Waals surface area (Å²) < 4.78 is 1.24. The molecule has 18 heavy (non-hydrogen) atoms. The Morgan fingerprint density at radius 1 is 1.22 bits per heavy atom. The van der Waals surface area contributed by atoms with Gasteiger partial charge in [-0.05, 0) is 58.8 Å². The first-order valence-corrected chi connectivity index (χ1v) is 6.76. The van der Waals surface area contributed by atoms with Crippen molar-refractivity contribution in [3.63, 3.8) is 0 Å². The van der Waals surface area contributed by atoms with Crippen LogP contribution in [0, 0.1) is 21.8 Å². The summed E-state index contributed by atoms with van der Waals surface area (Å²) in [6.07, 6.45) is 0. The summed E-state index contributed by atoms with van der Waals surface area (Å²) in [5, 5.41) is 12.4. The fraction of sp³-hybridized carbons (Fsp3) is 0.133. The average molecular weight is 348 g/mol. The Labute approximate surface area is 121 Å². The normalized spacial score (nSPS) is 9.83. The van der Waals surface area contributed by atoms with Crippen LogP contribution >= 0.6 is 22.6 Å². The highest BCUT2D eigenvalue weighted by Crippen LogP contribution is 2.18. The van der Waals surface area contributed by atoms with Crippen LogP contribution in [0.3, 0.4) is 0 Å². The van der Waals surface area contributed by atoms with Gasteiger partial charge in [0.15, 0.2) is 0 Å². The van der Waals surface area contributed by atoms with Crippen LogP contribution < -0.4 is 5.32 Å². The molecule has 0 spiro atoms. The van der Waals surface area contributed by atoms with Gasteiger partial charge in [0.25, 0.3) is 0 Å². The first-order valence-electron chi connectivity index (χ1n) is 5.69. The second kappa shape index (κ2) is 5.87. The number of nitrogens with zero attached hydrogens (tertiary/aromatic N) is 1. The topological polar surface area (TPSA) is 35.8 Å². The molecule has 0 radical (unpaired) electrons. The van der Waals surface area contributed by atoms with E-state index in [0.29, 0.717) is 6.54 Å². The van der Waals surface area contributed by atoms with Crippen LogP contribution in [0.4, 0.5) is 5.69 Å². The Hall–Kier alpha value is -1.54. The van der Waals surface area contributed by atoms with Crippen molar-refractivity contribution in [1.29, 1.82) is 5.26 Å². The van der Waals surface area contributed by atoms with Crippen LogP contribution in [0.15, 0.2) is 42.5 Å². The van der Waals surface area contributed by atoms with Gasteiger partial charge in [0.2, 0.25) is 0 Å². The van der Waals surface area contributed by atoms with Crippen molar-refractivity contribution in [3.05, 3.63) is 62.7 Å². The van der Waals surface area contributed by atoms with Crippen LogP contribution in [0.1, 0.15) is 16.7 Å². The van der Waals surface area contributed by atoms with Gasteiger partial charge in [-0.2, -0.15) is 5.26 Å². The molecule has 1 N–H and O–H groups in total. The molecule has 2 aromatic carbocycles. The highest BCUT2D eigenvalue weighted by Gasteiger charge is 2.01. The highest BCUT2D eigenvalue weighted by molar-refractivity contribution is 14.1. The van der Waals surface area contributed by atoms with Crippen LogP contribution in [-0.4, -0.2) is 0 Å². The van der Waals surface area contributed by atoms with Crippen molar-refractivity contribution < 1.29 is 0 Å². The molecule has 0 heterocycles. The van der Waals surface area contributed by atoms with Crippen molar-refractivity contribution in [2.24, 2.45) is 0 Å². The summed E-state index contributed by atoms with van der Waals surface area (Å²) in [6.45, 7) is 2.76. The van der Waals surface area contributed by atoms with E-state index in [-0.39, 0.29) is 0 Å². The quantitative estimate of drug-likeness (QED) is 0.849. The SMILES string of the molecule is Cc1ccc(NCc2ccccc2C#N)cc1I. The lowest BCUT2D eigenvalue weighted by atomic mass is 10.1. The molecule has 0 saturated carbocycles. The molecule has 0 aliphatic rings. The second-order valence-corrected chi connectivity index (χ2v) is 5.25. The minimum absolute atomic E-state index is 0.670. The third-order valence-corrected chi connectivity index (χ3v) is 3.95. The molecule has 0 atom stereocenters. The number of rotatable bonds is 3. The molecule has 2 aromatic rings. The zero-order chi connectivity index (χ0) is 13.0. The zero-order valence-electron chi connectivity index (χ0n) is 10.1. The predicted molar refractivity (Wildman–Crippen MR) is 82.4 cm³/mol. The Balaban J connectivity index is 2.12. The molecule has 0 amide bonds. The summed E-state index contributed by atoms with van der Waals surface area (Å²) in [7, 11) is 0. The highest BCUT2D eigenvalue weighted by atomic mass is 127. The van der Waals surface area contributed by atoms with E-state index in [9.17, 15) is 0 Å². The molecular formula is C15H13IN2. The van der Waals surface area contributed by atoms with Gasteiger partial charge < -0.3 is 5.32 Å². The maximum Gasteiger partial charge on any atom is 0.0995 e. The Kier molecular flexibility index (Phi) is 4.21. The van der Waals surface area contributed by atoms with Crippen molar-refractivity contribution in [1.82, 2.24) is 0 Å². The minimum atomic E-state index is 0.670. The fourth-order valence-corrected chi connectivity index (χ4v) is 2.20. The van der Waals surface area contributed by atoms with Crippen molar-refractivity contribution in [2.75, 3.05) is 5.32 Å². The van der Waals surface area contributed by atoms with E-state index in [0.717, 1.165) is 16.8 Å². The Bertz CT molecular complexity index is 600. The molecule has 0 saturated heterocycles. The number of halogens is 1. The molecule has 3 heteroatoms. The van der Waals surface area contributed by atoms with Gasteiger partial charge >= 0.3 is 0 Å². The molecule has 0 unspecified atom stereocenters. The van der Waals surface area contributed by atoms with Gasteiger partial charge in [0, 0.05) is 15.8 Å². The average Bonchev–Trinajstić information content (AvgIpc) is 2.40. The summed E-state index contributed by atoms with van der Waals surface area (Å²) in [4.78, 5) is 0. The number of nitrogens with one attached hydrogen (secondary N) is 1. The van der Waals surface area contributed by atoms with E-state index in [1.54, 1.807) is 0 Å². The summed E-state index contributed by atoms with van der Waals surface area (Å²) in [6, 6.07) is 16.1. The van der Waals surface area contributed by atoms with Crippen molar-refractivity contribution in [2.45, 2.75) is 13.5 Å². The summed E-state index contributed by atoms with van der Waals surface area (Å²) in [5.41, 5.74) is 4.11. The minimum Gasteiger partial charge on any atom is -0.381 e. The third-order valence-electron chi connectivity index (χ3n) is 2.79. The zero-order valence-corrected chi connectivity index (χ0v) is 12.2.